The monoisotopic (exact) mass is 670 g/mol. The molecule has 0 bridgehead atoms. The lowest BCUT2D eigenvalue weighted by atomic mass is 9.61. The Morgan fingerprint density at radius 3 is 1.70 bits per heavy atom. The van der Waals surface area contributed by atoms with Crippen molar-refractivity contribution in [3.05, 3.63) is 72.8 Å². The van der Waals surface area contributed by atoms with Crippen LogP contribution < -0.4 is 54.6 Å². The average molecular weight is 669 g/mol. The summed E-state index contributed by atoms with van der Waals surface area (Å²) in [6.45, 7) is 0. The van der Waals surface area contributed by atoms with Gasteiger partial charge in [-0.25, -0.2) is 4.98 Å². The second-order valence-corrected chi connectivity index (χ2v) is 15.4. The van der Waals surface area contributed by atoms with Crippen molar-refractivity contribution in [1.82, 2.24) is 9.55 Å². The molecule has 3 aromatic heterocycles. The number of para-hydroxylation sites is 2. The van der Waals surface area contributed by atoms with Gasteiger partial charge in [-0.2, -0.15) is 0 Å². The van der Waals surface area contributed by atoms with Crippen LogP contribution in [-0.4, -0.2) is 88.0 Å². The Labute approximate surface area is 316 Å². The highest BCUT2D eigenvalue weighted by atomic mass is 16.3. The molecule has 0 aliphatic heterocycles. The highest BCUT2D eigenvalue weighted by Crippen LogP contribution is 2.44. The third-order valence-corrected chi connectivity index (χ3v) is 13.0. The molecule has 0 aliphatic carbocycles. The number of hydrogen-bond acceptors (Lipinski definition) is 3. The minimum Gasteiger partial charge on any atom is -0.456 e. The Kier molecular flexibility index (Phi) is 6.82. The van der Waals surface area contributed by atoms with Crippen molar-refractivity contribution in [1.29, 1.82) is 0 Å². The number of rotatable bonds is 2. The predicted octanol–water partition coefficient (Wildman–Crippen LogP) is -6.62. The quantitative estimate of drug-likeness (QED) is 0.172. The first kappa shape index (κ1) is 32.4. The summed E-state index contributed by atoms with van der Waals surface area (Å²) >= 11 is 0. The van der Waals surface area contributed by atoms with Crippen molar-refractivity contribution in [3.8, 4) is 17.1 Å². The van der Waals surface area contributed by atoms with E-state index in [1.54, 1.807) is 0 Å². The van der Waals surface area contributed by atoms with E-state index in [-0.39, 0.29) is 0 Å². The van der Waals surface area contributed by atoms with Crippen LogP contribution >= 0.6 is 0 Å². The topological polar surface area (TPSA) is 44.1 Å². The zero-order valence-electron chi connectivity index (χ0n) is 32.1. The molecular weight excluding hydrogens is 637 g/mol. The van der Waals surface area contributed by atoms with Crippen LogP contribution in [0.1, 0.15) is 0 Å². The molecule has 10 rings (SSSR count). The molecule has 10 aromatic rings. The summed E-state index contributed by atoms with van der Waals surface area (Å²) in [5.41, 5.74) is 21.1. The molecule has 0 fully saturated rings. The van der Waals surface area contributed by atoms with E-state index in [4.69, 9.17) is 13.8 Å². The van der Waals surface area contributed by atoms with Crippen LogP contribution in [0.15, 0.2) is 81.6 Å². The van der Waals surface area contributed by atoms with Crippen molar-refractivity contribution < 1.29 is 8.83 Å². The van der Waals surface area contributed by atoms with E-state index in [2.05, 4.69) is 132 Å². The molecule has 0 radical (unpaired) electrons. The van der Waals surface area contributed by atoms with Crippen molar-refractivity contribution in [3.63, 3.8) is 0 Å². The lowest BCUT2D eigenvalue weighted by Crippen LogP contribution is -2.50. The minimum absolute atomic E-state index is 0.588. The first-order valence-corrected chi connectivity index (χ1v) is 18.7. The summed E-state index contributed by atoms with van der Waals surface area (Å²) < 4.78 is 16.0. The molecule has 0 atom stereocenters. The number of nitrogens with zero attached hydrogens (tertiary/aromatic N) is 2. The average Bonchev–Trinajstić information content (AvgIpc) is 3.86. The van der Waals surface area contributed by atoms with E-state index in [9.17, 15) is 0 Å². The highest BCUT2D eigenvalue weighted by molar-refractivity contribution is 6.73. The van der Waals surface area contributed by atoms with Crippen molar-refractivity contribution in [2.75, 3.05) is 0 Å². The maximum absolute atomic E-state index is 6.75. The molecule has 53 heavy (non-hydrogen) atoms. The molecule has 0 N–H and O–H groups in total. The lowest BCUT2D eigenvalue weighted by Gasteiger charge is -2.22. The zero-order chi connectivity index (χ0) is 36.8. The maximum Gasteiger partial charge on any atom is 0.230 e. The third kappa shape index (κ3) is 4.18. The molecule has 0 unspecified atom stereocenters. The number of furan rings is 1. The SMILES string of the molecule is Bc1c(B)c(B)c2c(B)c3c(c(B)c2c1B)c1c(B)c(B)c(B)c(B)c1n3-c1ccc2oc3cc4ccccc4cc3c2c1-c1nc2ccccc2o1. The van der Waals surface area contributed by atoms with Crippen LogP contribution in [0.3, 0.4) is 0 Å². The fraction of sp³-hybridized carbons (Fsp3) is 0. The van der Waals surface area contributed by atoms with Gasteiger partial charge in [-0.05, 0) is 63.3 Å². The van der Waals surface area contributed by atoms with Crippen LogP contribution in [0.25, 0.3) is 93.5 Å². The summed E-state index contributed by atoms with van der Waals surface area (Å²) in [5.74, 6) is 0.588. The molecule has 0 aliphatic rings. The molecule has 0 amide bonds. The summed E-state index contributed by atoms with van der Waals surface area (Å²) in [6.07, 6.45) is 0. The standard InChI is InChI=1S/C39H32B10N2O2/c40-27-23-24(29(42)33(46)32(45)28(23)41)31(44)37-25(27)26-30(43)34(47)35(48)36(49)38(26)51(37)17-9-10-19-21(22(17)39-50-16-7-3-4-8-18(16)53-39)15-11-13-5-1-2-6-14(13)12-20(15)52-19/h1-12H,40-49H2. The van der Waals surface area contributed by atoms with Crippen LogP contribution in [-0.2, 0) is 0 Å². The molecule has 3 heterocycles. The molecule has 14 heteroatoms. The van der Waals surface area contributed by atoms with Crippen molar-refractivity contribution in [2.45, 2.75) is 0 Å². The van der Waals surface area contributed by atoms with E-state index < -0.39 is 0 Å². The van der Waals surface area contributed by atoms with Crippen LogP contribution in [0.2, 0.25) is 0 Å². The normalized spacial score (nSPS) is 12.2. The van der Waals surface area contributed by atoms with Gasteiger partial charge in [0, 0.05) is 27.2 Å². The fourth-order valence-corrected chi connectivity index (χ4v) is 9.60. The van der Waals surface area contributed by atoms with Crippen LogP contribution in [0.5, 0.6) is 0 Å². The Hall–Kier alpha value is -5.22. The Bertz CT molecular complexity index is 3280. The van der Waals surface area contributed by atoms with Gasteiger partial charge in [-0.1, -0.05) is 74.6 Å². The maximum atomic E-state index is 6.75. The van der Waals surface area contributed by atoms with Gasteiger partial charge in [0.05, 0.1) is 11.3 Å². The highest BCUT2D eigenvalue weighted by Gasteiger charge is 2.29. The fourth-order valence-electron chi connectivity index (χ4n) is 9.60. The zero-order valence-corrected chi connectivity index (χ0v) is 32.1. The van der Waals surface area contributed by atoms with E-state index in [1.165, 1.54) is 92.6 Å². The largest absolute Gasteiger partial charge is 0.456 e. The van der Waals surface area contributed by atoms with Crippen LogP contribution in [0, 0.1) is 0 Å². The van der Waals surface area contributed by atoms with Gasteiger partial charge >= 0.3 is 0 Å². The van der Waals surface area contributed by atoms with Crippen LogP contribution in [0.4, 0.5) is 0 Å². The third-order valence-electron chi connectivity index (χ3n) is 13.0. The van der Waals surface area contributed by atoms with E-state index >= 15 is 0 Å². The smallest absolute Gasteiger partial charge is 0.230 e. The molecule has 0 spiro atoms. The second kappa shape index (κ2) is 11.1. The molecule has 0 saturated heterocycles. The lowest BCUT2D eigenvalue weighted by molar-refractivity contribution is 0.620. The summed E-state index contributed by atoms with van der Waals surface area (Å²) in [7, 11) is 23.0. The molecular formula is C39H32B10N2O2. The van der Waals surface area contributed by atoms with Gasteiger partial charge in [0.1, 0.15) is 95.1 Å². The second-order valence-electron chi connectivity index (χ2n) is 15.4. The molecule has 7 aromatic carbocycles. The van der Waals surface area contributed by atoms with Crippen molar-refractivity contribution >= 4 is 209 Å². The van der Waals surface area contributed by atoms with Gasteiger partial charge in [0.15, 0.2) is 5.58 Å². The van der Waals surface area contributed by atoms with E-state index in [0.29, 0.717) is 5.89 Å². The number of oxazole rings is 1. The van der Waals surface area contributed by atoms with Gasteiger partial charge in [-0.15, -0.1) is 16.4 Å². The first-order valence-electron chi connectivity index (χ1n) is 18.7. The van der Waals surface area contributed by atoms with Gasteiger partial charge in [0.25, 0.3) is 0 Å². The van der Waals surface area contributed by atoms with Gasteiger partial charge in [0.2, 0.25) is 5.89 Å². The predicted molar refractivity (Wildman–Crippen MR) is 258 cm³/mol. The summed E-state index contributed by atoms with van der Waals surface area (Å²) in [5, 5.41) is 9.76. The van der Waals surface area contributed by atoms with Gasteiger partial charge < -0.3 is 13.4 Å². The number of hydrogen-bond donors (Lipinski definition) is 0. The first-order chi connectivity index (χ1) is 25.5. The Balaban J connectivity index is 1.50. The van der Waals surface area contributed by atoms with E-state index in [1.807, 2.05) is 24.3 Å². The number of benzene rings is 7. The number of fused-ring (bicyclic) bond motifs is 9. The minimum atomic E-state index is 0.588. The number of aromatic nitrogens is 2. The summed E-state index contributed by atoms with van der Waals surface area (Å²) in [4.78, 5) is 5.20. The molecule has 4 nitrogen and oxygen atoms in total. The Morgan fingerprint density at radius 2 is 1.00 bits per heavy atom. The Morgan fingerprint density at radius 1 is 0.434 bits per heavy atom. The summed E-state index contributed by atoms with van der Waals surface area (Å²) in [6, 6.07) is 25.4. The molecule has 0 saturated carbocycles. The van der Waals surface area contributed by atoms with Gasteiger partial charge in [-0.3, -0.25) is 0 Å². The van der Waals surface area contributed by atoms with Crippen molar-refractivity contribution in [2.24, 2.45) is 0 Å². The van der Waals surface area contributed by atoms with E-state index in [0.717, 1.165) is 49.7 Å². The molecule has 240 valence electrons.